The van der Waals surface area contributed by atoms with Gasteiger partial charge >= 0.3 is 0 Å². The molecule has 4 heteroatoms. The van der Waals surface area contributed by atoms with E-state index in [1.807, 2.05) is 11.6 Å². The van der Waals surface area contributed by atoms with Gasteiger partial charge in [-0.05, 0) is 32.7 Å². The van der Waals surface area contributed by atoms with Crippen molar-refractivity contribution in [2.24, 2.45) is 0 Å². The lowest BCUT2D eigenvalue weighted by atomic mass is 10.2. The lowest BCUT2D eigenvalue weighted by Gasteiger charge is -2.11. The molecule has 1 saturated carbocycles. The van der Waals surface area contributed by atoms with Crippen molar-refractivity contribution in [1.29, 1.82) is 0 Å². The highest BCUT2D eigenvalue weighted by molar-refractivity contribution is 6.31. The van der Waals surface area contributed by atoms with Crippen LogP contribution in [0, 0.1) is 6.92 Å². The van der Waals surface area contributed by atoms with Crippen molar-refractivity contribution >= 4 is 11.6 Å². The monoisotopic (exact) mass is 241 g/mol. The van der Waals surface area contributed by atoms with E-state index < -0.39 is 0 Å². The molecular weight excluding hydrogens is 222 g/mol. The summed E-state index contributed by atoms with van der Waals surface area (Å²) in [6, 6.07) is 0.766. The Kier molecular flexibility index (Phi) is 4.24. The molecule has 0 unspecified atom stereocenters. The number of nitrogens with one attached hydrogen (secondary N) is 1. The SMILES string of the molecule is Cc1c(Cl)cnn1CCCNC1CCCC1. The zero-order chi connectivity index (χ0) is 11.4. The molecule has 0 bridgehead atoms. The molecule has 3 nitrogen and oxygen atoms in total. The van der Waals surface area contributed by atoms with Crippen molar-refractivity contribution in [3.8, 4) is 0 Å². The fraction of sp³-hybridized carbons (Fsp3) is 0.750. The molecular formula is C12H20ClN3. The standard InChI is InChI=1S/C12H20ClN3/c1-10-12(13)9-15-16(10)8-4-7-14-11-5-2-3-6-11/h9,11,14H,2-8H2,1H3. The summed E-state index contributed by atoms with van der Waals surface area (Å²) in [6.07, 6.45) is 8.34. The average molecular weight is 242 g/mol. The third-order valence-corrected chi connectivity index (χ3v) is 3.75. The van der Waals surface area contributed by atoms with E-state index in [1.165, 1.54) is 25.7 Å². The molecule has 1 aromatic rings. The summed E-state index contributed by atoms with van der Waals surface area (Å²) in [5.74, 6) is 0. The fourth-order valence-corrected chi connectivity index (χ4v) is 2.46. The number of aryl methyl sites for hydroxylation is 1. The molecule has 0 radical (unpaired) electrons. The maximum Gasteiger partial charge on any atom is 0.0814 e. The van der Waals surface area contributed by atoms with Gasteiger partial charge in [0.2, 0.25) is 0 Å². The average Bonchev–Trinajstić information content (AvgIpc) is 2.88. The summed E-state index contributed by atoms with van der Waals surface area (Å²) < 4.78 is 1.98. The third kappa shape index (κ3) is 2.98. The first-order valence-corrected chi connectivity index (χ1v) is 6.56. The Balaban J connectivity index is 1.66. The van der Waals surface area contributed by atoms with Gasteiger partial charge in [0.25, 0.3) is 0 Å². The van der Waals surface area contributed by atoms with Gasteiger partial charge in [0.1, 0.15) is 0 Å². The number of hydrogen-bond acceptors (Lipinski definition) is 2. The zero-order valence-corrected chi connectivity index (χ0v) is 10.6. The fourth-order valence-electron chi connectivity index (χ4n) is 2.31. The van der Waals surface area contributed by atoms with Crippen LogP contribution < -0.4 is 5.32 Å². The van der Waals surface area contributed by atoms with Gasteiger partial charge in [-0.15, -0.1) is 0 Å². The van der Waals surface area contributed by atoms with Gasteiger partial charge < -0.3 is 5.32 Å². The van der Waals surface area contributed by atoms with Crippen LogP contribution in [0.5, 0.6) is 0 Å². The third-order valence-electron chi connectivity index (χ3n) is 3.38. The first kappa shape index (κ1) is 11.9. The molecule has 16 heavy (non-hydrogen) atoms. The van der Waals surface area contributed by atoms with Crippen molar-refractivity contribution in [2.45, 2.75) is 51.6 Å². The predicted octanol–water partition coefficient (Wildman–Crippen LogP) is 2.77. The van der Waals surface area contributed by atoms with Gasteiger partial charge in [0, 0.05) is 12.6 Å². The van der Waals surface area contributed by atoms with E-state index in [4.69, 9.17) is 11.6 Å². The Morgan fingerprint density at radius 3 is 2.88 bits per heavy atom. The summed E-state index contributed by atoms with van der Waals surface area (Å²) in [7, 11) is 0. The molecule has 0 spiro atoms. The second-order valence-electron chi connectivity index (χ2n) is 4.59. The molecule has 0 atom stereocenters. The van der Waals surface area contributed by atoms with Crippen LogP contribution in [0.4, 0.5) is 0 Å². The van der Waals surface area contributed by atoms with E-state index in [9.17, 15) is 0 Å². The van der Waals surface area contributed by atoms with Crippen LogP contribution in [0.3, 0.4) is 0 Å². The molecule has 0 saturated heterocycles. The maximum atomic E-state index is 5.95. The maximum absolute atomic E-state index is 5.95. The Bertz CT molecular complexity index is 329. The number of aromatic nitrogens is 2. The summed E-state index contributed by atoms with van der Waals surface area (Å²) in [5.41, 5.74) is 1.07. The number of rotatable bonds is 5. The normalized spacial score (nSPS) is 17.1. The molecule has 90 valence electrons. The minimum absolute atomic E-state index is 0.766. The van der Waals surface area contributed by atoms with E-state index in [0.29, 0.717) is 0 Å². The molecule has 2 rings (SSSR count). The summed E-state index contributed by atoms with van der Waals surface area (Å²) in [6.45, 7) is 4.06. The molecule has 1 aliphatic carbocycles. The second kappa shape index (κ2) is 5.69. The topological polar surface area (TPSA) is 29.9 Å². The summed E-state index contributed by atoms with van der Waals surface area (Å²) >= 11 is 5.95. The van der Waals surface area contributed by atoms with Crippen LogP contribution in [-0.4, -0.2) is 22.4 Å². The van der Waals surface area contributed by atoms with Crippen molar-refractivity contribution < 1.29 is 0 Å². The van der Waals surface area contributed by atoms with E-state index in [0.717, 1.165) is 36.3 Å². The van der Waals surface area contributed by atoms with E-state index in [2.05, 4.69) is 10.4 Å². The van der Waals surface area contributed by atoms with E-state index in [1.54, 1.807) is 6.20 Å². The van der Waals surface area contributed by atoms with Crippen LogP contribution in [0.25, 0.3) is 0 Å². The molecule has 0 amide bonds. The first-order valence-electron chi connectivity index (χ1n) is 6.18. The van der Waals surface area contributed by atoms with Gasteiger partial charge in [0.15, 0.2) is 0 Å². The number of hydrogen-bond donors (Lipinski definition) is 1. The van der Waals surface area contributed by atoms with Crippen LogP contribution >= 0.6 is 11.6 Å². The largest absolute Gasteiger partial charge is 0.314 e. The molecule has 1 heterocycles. The highest BCUT2D eigenvalue weighted by Crippen LogP contribution is 2.17. The van der Waals surface area contributed by atoms with Crippen LogP contribution in [0.2, 0.25) is 5.02 Å². The Hall–Kier alpha value is -0.540. The van der Waals surface area contributed by atoms with Crippen molar-refractivity contribution in [2.75, 3.05) is 6.54 Å². The van der Waals surface area contributed by atoms with Crippen molar-refractivity contribution in [3.05, 3.63) is 16.9 Å². The van der Waals surface area contributed by atoms with Crippen molar-refractivity contribution in [1.82, 2.24) is 15.1 Å². The summed E-state index contributed by atoms with van der Waals surface area (Å²) in [5, 5.41) is 8.61. The summed E-state index contributed by atoms with van der Waals surface area (Å²) in [4.78, 5) is 0. The Labute approximate surface area is 102 Å². The number of nitrogens with zero attached hydrogens (tertiary/aromatic N) is 2. The molecule has 1 aromatic heterocycles. The molecule has 1 aliphatic rings. The lowest BCUT2D eigenvalue weighted by Crippen LogP contribution is -2.27. The predicted molar refractivity (Wildman–Crippen MR) is 66.8 cm³/mol. The molecule has 1 N–H and O–H groups in total. The molecule has 0 aromatic carbocycles. The van der Waals surface area contributed by atoms with Gasteiger partial charge in [-0.2, -0.15) is 5.10 Å². The minimum atomic E-state index is 0.766. The molecule has 0 aliphatic heterocycles. The van der Waals surface area contributed by atoms with Gasteiger partial charge in [0.05, 0.1) is 16.9 Å². The Morgan fingerprint density at radius 1 is 1.50 bits per heavy atom. The van der Waals surface area contributed by atoms with Crippen LogP contribution in [-0.2, 0) is 6.54 Å². The zero-order valence-electron chi connectivity index (χ0n) is 9.88. The van der Waals surface area contributed by atoms with E-state index in [-0.39, 0.29) is 0 Å². The Morgan fingerprint density at radius 2 is 2.25 bits per heavy atom. The van der Waals surface area contributed by atoms with Crippen LogP contribution in [0.1, 0.15) is 37.8 Å². The highest BCUT2D eigenvalue weighted by Gasteiger charge is 2.13. The number of halogens is 1. The van der Waals surface area contributed by atoms with E-state index >= 15 is 0 Å². The van der Waals surface area contributed by atoms with Gasteiger partial charge in [-0.3, -0.25) is 4.68 Å². The second-order valence-corrected chi connectivity index (χ2v) is 5.00. The minimum Gasteiger partial charge on any atom is -0.314 e. The van der Waals surface area contributed by atoms with Gasteiger partial charge in [-0.25, -0.2) is 0 Å². The molecule has 1 fully saturated rings. The quantitative estimate of drug-likeness (QED) is 0.804. The lowest BCUT2D eigenvalue weighted by molar-refractivity contribution is 0.479. The van der Waals surface area contributed by atoms with Crippen LogP contribution in [0.15, 0.2) is 6.20 Å². The highest BCUT2D eigenvalue weighted by atomic mass is 35.5. The first-order chi connectivity index (χ1) is 7.77. The van der Waals surface area contributed by atoms with Gasteiger partial charge in [-0.1, -0.05) is 24.4 Å². The van der Waals surface area contributed by atoms with Crippen molar-refractivity contribution in [3.63, 3.8) is 0 Å². The smallest absolute Gasteiger partial charge is 0.0814 e.